The number of non-ortho nitro benzene ring substituents is 1. The number of nitrogens with zero attached hydrogens (tertiary/aromatic N) is 3. The zero-order valence-corrected chi connectivity index (χ0v) is 11.7. The number of rotatable bonds is 4. The minimum Gasteiger partial charge on any atom is -0.292 e. The molecule has 2 heterocycles. The maximum Gasteiger partial charge on any atom is 0.269 e. The minimum absolute atomic E-state index is 0.144. The smallest absolute Gasteiger partial charge is 0.269 e. The van der Waals surface area contributed by atoms with Gasteiger partial charge in [-0.05, 0) is 42.6 Å². The van der Waals surface area contributed by atoms with Crippen molar-refractivity contribution in [3.05, 3.63) is 70.0 Å². The van der Waals surface area contributed by atoms with Crippen molar-refractivity contribution in [2.45, 2.75) is 25.4 Å². The third kappa shape index (κ3) is 3.08. The molecule has 5 nitrogen and oxygen atoms in total. The first-order chi connectivity index (χ1) is 10.2. The van der Waals surface area contributed by atoms with Gasteiger partial charge in [0.05, 0.1) is 4.92 Å². The van der Waals surface area contributed by atoms with E-state index in [1.54, 1.807) is 12.1 Å². The molecule has 0 bridgehead atoms. The first-order valence-electron chi connectivity index (χ1n) is 7.11. The van der Waals surface area contributed by atoms with Crippen molar-refractivity contribution in [3.63, 3.8) is 0 Å². The van der Waals surface area contributed by atoms with Gasteiger partial charge in [-0.25, -0.2) is 0 Å². The zero-order valence-electron chi connectivity index (χ0n) is 11.7. The number of likely N-dealkylation sites (tertiary alicyclic amines) is 1. The van der Waals surface area contributed by atoms with Crippen molar-refractivity contribution < 1.29 is 4.92 Å². The van der Waals surface area contributed by atoms with Crippen LogP contribution in [0.3, 0.4) is 0 Å². The van der Waals surface area contributed by atoms with Gasteiger partial charge in [-0.15, -0.1) is 0 Å². The van der Waals surface area contributed by atoms with E-state index in [4.69, 9.17) is 0 Å². The first kappa shape index (κ1) is 13.7. The summed E-state index contributed by atoms with van der Waals surface area (Å²) in [5.74, 6) is 0. The lowest BCUT2D eigenvalue weighted by molar-refractivity contribution is -0.384. The van der Waals surface area contributed by atoms with E-state index in [2.05, 4.69) is 22.0 Å². The average molecular weight is 283 g/mol. The number of benzene rings is 1. The van der Waals surface area contributed by atoms with E-state index < -0.39 is 0 Å². The minimum atomic E-state index is -0.362. The van der Waals surface area contributed by atoms with Crippen LogP contribution in [0.2, 0.25) is 0 Å². The van der Waals surface area contributed by atoms with Crippen LogP contribution in [0.4, 0.5) is 5.69 Å². The van der Waals surface area contributed by atoms with E-state index in [0.29, 0.717) is 6.04 Å². The molecule has 108 valence electrons. The summed E-state index contributed by atoms with van der Waals surface area (Å²) in [4.78, 5) is 16.8. The maximum absolute atomic E-state index is 10.7. The Morgan fingerprint density at radius 3 is 2.57 bits per heavy atom. The van der Waals surface area contributed by atoms with Crippen molar-refractivity contribution in [3.8, 4) is 0 Å². The SMILES string of the molecule is O=[N+]([O-])c1ccc(CN2CCC[C@H]2c2ccncc2)cc1. The number of hydrogen-bond acceptors (Lipinski definition) is 4. The predicted octanol–water partition coefficient (Wildman–Crippen LogP) is 3.33. The third-order valence-electron chi connectivity index (χ3n) is 3.99. The Bertz CT molecular complexity index is 613. The molecular weight excluding hydrogens is 266 g/mol. The van der Waals surface area contributed by atoms with Gasteiger partial charge in [-0.3, -0.25) is 20.0 Å². The molecule has 1 aromatic carbocycles. The van der Waals surface area contributed by atoms with Crippen LogP contribution in [-0.4, -0.2) is 21.4 Å². The van der Waals surface area contributed by atoms with E-state index >= 15 is 0 Å². The van der Waals surface area contributed by atoms with Gasteiger partial charge >= 0.3 is 0 Å². The van der Waals surface area contributed by atoms with Crippen LogP contribution >= 0.6 is 0 Å². The number of nitro benzene ring substituents is 1. The van der Waals surface area contributed by atoms with Crippen LogP contribution < -0.4 is 0 Å². The highest BCUT2D eigenvalue weighted by Crippen LogP contribution is 2.32. The normalized spacial score (nSPS) is 18.8. The Kier molecular flexibility index (Phi) is 3.92. The topological polar surface area (TPSA) is 59.3 Å². The van der Waals surface area contributed by atoms with Crippen LogP contribution in [0.15, 0.2) is 48.8 Å². The summed E-state index contributed by atoms with van der Waals surface area (Å²) in [6.07, 6.45) is 5.99. The molecule has 1 saturated heterocycles. The number of nitro groups is 1. The quantitative estimate of drug-likeness (QED) is 0.638. The molecule has 0 radical (unpaired) electrons. The third-order valence-corrected chi connectivity index (χ3v) is 3.99. The average Bonchev–Trinajstić information content (AvgIpc) is 2.97. The lowest BCUT2D eigenvalue weighted by Crippen LogP contribution is -2.22. The van der Waals surface area contributed by atoms with Crippen LogP contribution in [0.1, 0.15) is 30.0 Å². The monoisotopic (exact) mass is 283 g/mol. The van der Waals surface area contributed by atoms with Gasteiger partial charge < -0.3 is 0 Å². The van der Waals surface area contributed by atoms with Crippen molar-refractivity contribution in [2.24, 2.45) is 0 Å². The van der Waals surface area contributed by atoms with Gasteiger partial charge in [0.1, 0.15) is 0 Å². The van der Waals surface area contributed by atoms with E-state index in [1.165, 1.54) is 12.0 Å². The molecule has 0 N–H and O–H groups in total. The molecule has 3 rings (SSSR count). The molecule has 0 aliphatic carbocycles. The standard InChI is InChI=1S/C16H17N3O2/c20-19(21)15-5-3-13(4-6-15)12-18-11-1-2-16(18)14-7-9-17-10-8-14/h3-10,16H,1-2,11-12H2/t16-/m0/s1. The molecule has 21 heavy (non-hydrogen) atoms. The molecule has 0 spiro atoms. The van der Waals surface area contributed by atoms with Gasteiger partial charge in [-0.1, -0.05) is 12.1 Å². The molecule has 5 heteroatoms. The number of pyridine rings is 1. The van der Waals surface area contributed by atoms with Gasteiger partial charge in [0.15, 0.2) is 0 Å². The molecule has 1 aromatic heterocycles. The highest BCUT2D eigenvalue weighted by Gasteiger charge is 2.25. The second-order valence-corrected chi connectivity index (χ2v) is 5.33. The van der Waals surface area contributed by atoms with Gasteiger partial charge in [0.2, 0.25) is 0 Å². The Balaban J connectivity index is 1.73. The highest BCUT2D eigenvalue weighted by molar-refractivity contribution is 5.33. The Hall–Kier alpha value is -2.27. The number of aromatic nitrogens is 1. The van der Waals surface area contributed by atoms with Gasteiger partial charge in [0, 0.05) is 37.1 Å². The van der Waals surface area contributed by atoms with E-state index in [0.717, 1.165) is 25.1 Å². The predicted molar refractivity (Wildman–Crippen MR) is 79.7 cm³/mol. The van der Waals surface area contributed by atoms with Crippen LogP contribution in [0, 0.1) is 10.1 Å². The molecule has 0 saturated carbocycles. The zero-order chi connectivity index (χ0) is 14.7. The fourth-order valence-electron chi connectivity index (χ4n) is 2.94. The largest absolute Gasteiger partial charge is 0.292 e. The molecule has 1 aliphatic heterocycles. The van der Waals surface area contributed by atoms with Crippen molar-refractivity contribution >= 4 is 5.69 Å². The molecule has 1 atom stereocenters. The molecule has 2 aromatic rings. The van der Waals surface area contributed by atoms with E-state index in [1.807, 2.05) is 24.5 Å². The second-order valence-electron chi connectivity index (χ2n) is 5.33. The fourth-order valence-corrected chi connectivity index (χ4v) is 2.94. The summed E-state index contributed by atoms with van der Waals surface area (Å²) in [6, 6.07) is 11.4. The molecule has 0 unspecified atom stereocenters. The van der Waals surface area contributed by atoms with E-state index in [9.17, 15) is 10.1 Å². The number of hydrogen-bond donors (Lipinski definition) is 0. The Morgan fingerprint density at radius 2 is 1.90 bits per heavy atom. The fraction of sp³-hybridized carbons (Fsp3) is 0.312. The summed E-state index contributed by atoms with van der Waals surface area (Å²) >= 11 is 0. The Morgan fingerprint density at radius 1 is 1.19 bits per heavy atom. The lowest BCUT2D eigenvalue weighted by atomic mass is 10.1. The summed E-state index contributed by atoms with van der Waals surface area (Å²) in [5.41, 5.74) is 2.55. The maximum atomic E-state index is 10.7. The molecular formula is C16H17N3O2. The molecule has 1 aliphatic rings. The van der Waals surface area contributed by atoms with Crippen molar-refractivity contribution in [2.75, 3.05) is 6.54 Å². The summed E-state index contributed by atoms with van der Waals surface area (Å²) in [6.45, 7) is 1.88. The summed E-state index contributed by atoms with van der Waals surface area (Å²) in [5, 5.41) is 10.7. The molecule has 0 amide bonds. The summed E-state index contributed by atoms with van der Waals surface area (Å²) in [7, 11) is 0. The van der Waals surface area contributed by atoms with Crippen LogP contribution in [-0.2, 0) is 6.54 Å². The summed E-state index contributed by atoms with van der Waals surface area (Å²) < 4.78 is 0. The van der Waals surface area contributed by atoms with Crippen LogP contribution in [0.25, 0.3) is 0 Å². The second kappa shape index (κ2) is 6.01. The molecule has 1 fully saturated rings. The van der Waals surface area contributed by atoms with E-state index in [-0.39, 0.29) is 10.6 Å². The van der Waals surface area contributed by atoms with Crippen LogP contribution in [0.5, 0.6) is 0 Å². The van der Waals surface area contributed by atoms with Gasteiger partial charge in [-0.2, -0.15) is 0 Å². The van der Waals surface area contributed by atoms with Crippen molar-refractivity contribution in [1.82, 2.24) is 9.88 Å². The van der Waals surface area contributed by atoms with Crippen molar-refractivity contribution in [1.29, 1.82) is 0 Å². The van der Waals surface area contributed by atoms with Gasteiger partial charge in [0.25, 0.3) is 5.69 Å². The highest BCUT2D eigenvalue weighted by atomic mass is 16.6. The first-order valence-corrected chi connectivity index (χ1v) is 7.11. The Labute approximate surface area is 123 Å². The lowest BCUT2D eigenvalue weighted by Gasteiger charge is -2.24.